The molecule has 13 atom stereocenters. The van der Waals surface area contributed by atoms with Crippen LogP contribution in [-0.4, -0.2) is 83.4 Å². The Kier molecular flexibility index (Phi) is 33.0. The van der Waals surface area contributed by atoms with Gasteiger partial charge in [0.25, 0.3) is 0 Å². The summed E-state index contributed by atoms with van der Waals surface area (Å²) in [6, 6.07) is 0. The molecule has 0 bridgehead atoms. The van der Waals surface area contributed by atoms with Crippen molar-refractivity contribution in [3.63, 3.8) is 0 Å². The monoisotopic (exact) mass is 881 g/mol. The summed E-state index contributed by atoms with van der Waals surface area (Å²) in [7, 11) is 0. The lowest BCUT2D eigenvalue weighted by molar-refractivity contribution is -0.251. The van der Waals surface area contributed by atoms with Crippen molar-refractivity contribution in [3.8, 4) is 0 Å². The van der Waals surface area contributed by atoms with Crippen molar-refractivity contribution >= 4 is 5.78 Å². The van der Waals surface area contributed by atoms with Crippen LogP contribution in [0, 0.1) is 53.3 Å². The number of ether oxygens (including phenoxy) is 7. The van der Waals surface area contributed by atoms with E-state index in [1.54, 1.807) is 0 Å². The predicted octanol–water partition coefficient (Wildman–Crippen LogP) is 14.0. The summed E-state index contributed by atoms with van der Waals surface area (Å²) in [5, 5.41) is 0. The molecule has 0 amide bonds. The number of ketones is 1. The summed E-state index contributed by atoms with van der Waals surface area (Å²) in [6.07, 6.45) is 25.0. The van der Waals surface area contributed by atoms with Crippen LogP contribution in [0.15, 0.2) is 0 Å². The second kappa shape index (κ2) is 35.6. The van der Waals surface area contributed by atoms with E-state index in [9.17, 15) is 4.79 Å². The van der Waals surface area contributed by atoms with Gasteiger partial charge in [-0.05, 0) is 80.5 Å². The highest BCUT2D eigenvalue weighted by atomic mass is 16.7. The molecule has 8 nitrogen and oxygen atoms in total. The van der Waals surface area contributed by atoms with E-state index in [0.717, 1.165) is 69.8 Å². The molecular weight excluding hydrogens is 777 g/mol. The molecule has 0 radical (unpaired) electrons. The summed E-state index contributed by atoms with van der Waals surface area (Å²) in [5.41, 5.74) is 0. The number of unbranched alkanes of at least 4 members (excludes halogenated alkanes) is 9. The summed E-state index contributed by atoms with van der Waals surface area (Å²) in [6.45, 7) is 30.0. The zero-order valence-electron chi connectivity index (χ0n) is 42.8. The molecule has 0 aromatic heterocycles. The Labute approximate surface area is 384 Å². The van der Waals surface area contributed by atoms with Gasteiger partial charge in [0.1, 0.15) is 5.78 Å². The van der Waals surface area contributed by atoms with Crippen molar-refractivity contribution in [2.75, 3.05) is 52.9 Å². The number of hydrogen-bond acceptors (Lipinski definition) is 8. The van der Waals surface area contributed by atoms with Crippen molar-refractivity contribution in [1.82, 2.24) is 0 Å². The molecule has 2 aliphatic heterocycles. The van der Waals surface area contributed by atoms with Crippen LogP contribution in [-0.2, 0) is 38.0 Å². The van der Waals surface area contributed by atoms with Crippen LogP contribution in [0.3, 0.4) is 0 Å². The molecule has 62 heavy (non-hydrogen) atoms. The van der Waals surface area contributed by atoms with Crippen LogP contribution < -0.4 is 0 Å². The first kappa shape index (κ1) is 57.5. The summed E-state index contributed by atoms with van der Waals surface area (Å²) in [4.78, 5) is 13.3. The molecule has 2 fully saturated rings. The van der Waals surface area contributed by atoms with Gasteiger partial charge in [0, 0.05) is 30.8 Å². The lowest BCUT2D eigenvalue weighted by Gasteiger charge is -2.43. The highest BCUT2D eigenvalue weighted by molar-refractivity contribution is 5.80. The minimum absolute atomic E-state index is 0.117. The predicted molar refractivity (Wildman–Crippen MR) is 257 cm³/mol. The van der Waals surface area contributed by atoms with Gasteiger partial charge in [-0.15, -0.1) is 0 Å². The molecule has 2 heterocycles. The van der Waals surface area contributed by atoms with Crippen LogP contribution in [0.2, 0.25) is 0 Å². The quantitative estimate of drug-likeness (QED) is 0.0565. The van der Waals surface area contributed by atoms with Crippen LogP contribution in [0.5, 0.6) is 0 Å². The third kappa shape index (κ3) is 22.7. The van der Waals surface area contributed by atoms with E-state index in [1.807, 2.05) is 0 Å². The van der Waals surface area contributed by atoms with Crippen molar-refractivity contribution in [3.05, 3.63) is 0 Å². The van der Waals surface area contributed by atoms with Gasteiger partial charge in [0.2, 0.25) is 0 Å². The minimum atomic E-state index is -0.150. The van der Waals surface area contributed by atoms with Crippen molar-refractivity contribution in [2.24, 2.45) is 53.3 Å². The van der Waals surface area contributed by atoms with Gasteiger partial charge in [0.05, 0.1) is 58.5 Å². The normalized spacial score (nSPS) is 28.2. The van der Waals surface area contributed by atoms with E-state index < -0.39 is 0 Å². The van der Waals surface area contributed by atoms with Gasteiger partial charge in [-0.2, -0.15) is 0 Å². The van der Waals surface area contributed by atoms with Gasteiger partial charge in [-0.3, -0.25) is 4.79 Å². The Balaban J connectivity index is 1.60. The second-order valence-corrected chi connectivity index (χ2v) is 20.1. The third-order valence-electron chi connectivity index (χ3n) is 15.5. The first-order valence-corrected chi connectivity index (χ1v) is 26.8. The molecule has 2 aliphatic rings. The molecule has 0 spiro atoms. The van der Waals surface area contributed by atoms with E-state index in [-0.39, 0.29) is 30.7 Å². The SMILES string of the molecule is CCCCCCCCC(C)C(CCCCCCCC(=O)C(CCC)CCOC1OC(CC)C(C)C(C)C1C)CCCOCCOCCOCCOC1OC(CC)C(C)C(C)C1C. The van der Waals surface area contributed by atoms with Crippen LogP contribution in [0.25, 0.3) is 0 Å². The lowest BCUT2D eigenvalue weighted by Crippen LogP contribution is -2.45. The molecule has 13 unspecified atom stereocenters. The minimum Gasteiger partial charge on any atom is -0.379 e. The molecule has 0 aliphatic carbocycles. The van der Waals surface area contributed by atoms with E-state index in [2.05, 4.69) is 76.2 Å². The zero-order chi connectivity index (χ0) is 45.5. The number of rotatable bonds is 39. The maximum Gasteiger partial charge on any atom is 0.160 e. The molecule has 2 saturated heterocycles. The van der Waals surface area contributed by atoms with E-state index in [1.165, 1.54) is 77.0 Å². The molecule has 8 heteroatoms. The first-order chi connectivity index (χ1) is 30.0. The standard InChI is InChI=1S/C54H104O8/c1-12-16-17-18-20-23-28-41(5)48(30-26-33-56-35-36-57-37-38-58-39-40-60-54-47(11)43(7)45(9)52(15-4)62-54)29-24-21-19-22-25-31-50(55)49(27-13-2)32-34-59-53-46(10)42(6)44(8)51(14-3)61-53/h41-49,51-54H,12-40H2,1-11H3. The molecular formula is C54H104O8. The summed E-state index contributed by atoms with van der Waals surface area (Å²) >= 11 is 0. The second-order valence-electron chi connectivity index (χ2n) is 20.1. The van der Waals surface area contributed by atoms with E-state index in [0.29, 0.717) is 94.0 Å². The van der Waals surface area contributed by atoms with Crippen molar-refractivity contribution < 1.29 is 38.0 Å². The number of hydrogen-bond donors (Lipinski definition) is 0. The average Bonchev–Trinajstić information content (AvgIpc) is 3.27. The fourth-order valence-corrected chi connectivity index (χ4v) is 10.3. The Morgan fingerprint density at radius 3 is 1.47 bits per heavy atom. The van der Waals surface area contributed by atoms with E-state index in [4.69, 9.17) is 33.2 Å². The Morgan fingerprint density at radius 1 is 0.452 bits per heavy atom. The number of carbonyl (C=O) groups is 1. The molecule has 2 rings (SSSR count). The molecule has 0 N–H and O–H groups in total. The molecule has 0 aromatic carbocycles. The van der Waals surface area contributed by atoms with Gasteiger partial charge in [0.15, 0.2) is 12.6 Å². The third-order valence-corrected chi connectivity index (χ3v) is 15.5. The maximum atomic E-state index is 13.3. The highest BCUT2D eigenvalue weighted by Gasteiger charge is 2.40. The van der Waals surface area contributed by atoms with Crippen LogP contribution >= 0.6 is 0 Å². The summed E-state index contributed by atoms with van der Waals surface area (Å²) < 4.78 is 42.5. The fourth-order valence-electron chi connectivity index (χ4n) is 10.3. The van der Waals surface area contributed by atoms with E-state index >= 15 is 0 Å². The van der Waals surface area contributed by atoms with Gasteiger partial charge in [-0.1, -0.05) is 160 Å². The van der Waals surface area contributed by atoms with Gasteiger partial charge < -0.3 is 33.2 Å². The lowest BCUT2D eigenvalue weighted by atomic mass is 9.78. The summed E-state index contributed by atoms with van der Waals surface area (Å²) in [5.74, 6) is 5.12. The largest absolute Gasteiger partial charge is 0.379 e. The van der Waals surface area contributed by atoms with Crippen molar-refractivity contribution in [2.45, 2.75) is 236 Å². The Morgan fingerprint density at radius 2 is 0.919 bits per heavy atom. The Bertz CT molecular complexity index is 1050. The highest BCUT2D eigenvalue weighted by Crippen LogP contribution is 2.38. The smallest absolute Gasteiger partial charge is 0.160 e. The van der Waals surface area contributed by atoms with Crippen LogP contribution in [0.1, 0.15) is 211 Å². The first-order valence-electron chi connectivity index (χ1n) is 26.8. The fraction of sp³-hybridized carbons (Fsp3) is 0.981. The average molecular weight is 881 g/mol. The zero-order valence-corrected chi connectivity index (χ0v) is 42.8. The number of Topliss-reactive ketones (excluding diaryl/α,β-unsaturated/α-hetero) is 1. The molecule has 368 valence electrons. The molecule has 0 saturated carbocycles. The van der Waals surface area contributed by atoms with Gasteiger partial charge in [-0.25, -0.2) is 0 Å². The Hall–Kier alpha value is -0.610. The topological polar surface area (TPSA) is 81.7 Å². The van der Waals surface area contributed by atoms with Crippen molar-refractivity contribution in [1.29, 1.82) is 0 Å². The van der Waals surface area contributed by atoms with Gasteiger partial charge >= 0.3 is 0 Å². The van der Waals surface area contributed by atoms with Crippen LogP contribution in [0.4, 0.5) is 0 Å². The maximum absolute atomic E-state index is 13.3. The molecule has 0 aromatic rings. The number of carbonyl (C=O) groups excluding carboxylic acids is 1.